The predicted octanol–water partition coefficient (Wildman–Crippen LogP) is 3.01. The van der Waals surface area contributed by atoms with Crippen LogP contribution < -0.4 is 14.4 Å². The first kappa shape index (κ1) is 21.5. The van der Waals surface area contributed by atoms with Gasteiger partial charge in [-0.15, -0.1) is 0 Å². The van der Waals surface area contributed by atoms with Gasteiger partial charge in [-0.25, -0.2) is 9.71 Å². The van der Waals surface area contributed by atoms with Crippen molar-refractivity contribution in [3.63, 3.8) is 0 Å². The normalized spacial score (nSPS) is 20.5. The Bertz CT molecular complexity index is 1080. The maximum Gasteiger partial charge on any atom is 0.281 e. The molecule has 166 valence electrons. The van der Waals surface area contributed by atoms with Crippen molar-refractivity contribution in [2.24, 2.45) is 11.8 Å². The largest absolute Gasteiger partial charge is 0.477 e. The Morgan fingerprint density at radius 2 is 2.03 bits per heavy atom. The summed E-state index contributed by atoms with van der Waals surface area (Å²) in [6, 6.07) is 7.73. The molecule has 1 aliphatic carbocycles. The van der Waals surface area contributed by atoms with Crippen LogP contribution in [-0.4, -0.2) is 43.0 Å². The molecule has 8 nitrogen and oxygen atoms in total. The molecule has 31 heavy (non-hydrogen) atoms. The van der Waals surface area contributed by atoms with Gasteiger partial charge >= 0.3 is 0 Å². The Hall–Kier alpha value is -2.68. The zero-order valence-electron chi connectivity index (χ0n) is 18.0. The van der Waals surface area contributed by atoms with Gasteiger partial charge in [-0.1, -0.05) is 13.0 Å². The van der Waals surface area contributed by atoms with Crippen LogP contribution in [0.4, 0.5) is 5.82 Å². The lowest BCUT2D eigenvalue weighted by Crippen LogP contribution is -2.41. The molecule has 1 N–H and O–H groups in total. The minimum absolute atomic E-state index is 0.184. The molecule has 1 aliphatic heterocycles. The van der Waals surface area contributed by atoms with E-state index in [1.165, 1.54) is 6.07 Å². The van der Waals surface area contributed by atoms with Gasteiger partial charge in [0.2, 0.25) is 5.88 Å². The van der Waals surface area contributed by atoms with Crippen molar-refractivity contribution in [3.8, 4) is 5.88 Å². The number of aromatic nitrogens is 2. The molecule has 9 heteroatoms. The fourth-order valence-corrected chi connectivity index (χ4v) is 5.02. The molecule has 3 heterocycles. The molecule has 4 rings (SSSR count). The molecular formula is C22H28N4O4S. The summed E-state index contributed by atoms with van der Waals surface area (Å²) in [7, 11) is -4.17. The highest BCUT2D eigenvalue weighted by molar-refractivity contribution is 7.90. The third-order valence-corrected chi connectivity index (χ3v) is 6.96. The highest BCUT2D eigenvalue weighted by Crippen LogP contribution is 2.37. The third-order valence-electron chi connectivity index (χ3n) is 5.72. The van der Waals surface area contributed by atoms with Crippen LogP contribution in [-0.2, 0) is 10.0 Å². The van der Waals surface area contributed by atoms with Gasteiger partial charge in [0, 0.05) is 24.3 Å². The van der Waals surface area contributed by atoms with E-state index in [2.05, 4.69) is 40.4 Å². The Labute approximate surface area is 183 Å². The average Bonchev–Trinajstić information content (AvgIpc) is 3.50. The van der Waals surface area contributed by atoms with Crippen LogP contribution in [0.3, 0.4) is 0 Å². The number of ether oxygens (including phenoxy) is 1. The standard InChI is InChI=1S/C22H28N4O4S/c1-15-12-22(2,3)26(13-15)20-17(6-5-11-23-20)21(27)25-31(28,29)19-8-4-7-18(24-19)30-14-16-9-10-16/h4-8,11,15-16H,9-10,12-14H2,1-3H3,(H,25,27). The molecule has 2 fully saturated rings. The first-order chi connectivity index (χ1) is 14.7. The smallest absolute Gasteiger partial charge is 0.281 e. The van der Waals surface area contributed by atoms with Crippen molar-refractivity contribution < 1.29 is 17.9 Å². The number of amides is 1. The number of nitrogens with one attached hydrogen (secondary N) is 1. The second kappa shape index (κ2) is 8.11. The molecule has 0 spiro atoms. The van der Waals surface area contributed by atoms with Gasteiger partial charge in [-0.3, -0.25) is 4.79 Å². The third kappa shape index (κ3) is 4.81. The van der Waals surface area contributed by atoms with Crippen LogP contribution in [0.25, 0.3) is 0 Å². The number of hydrogen-bond donors (Lipinski definition) is 1. The SMILES string of the molecule is CC1CN(c2ncccc2C(=O)NS(=O)(=O)c2cccc(OCC3CC3)n2)C(C)(C)C1. The van der Waals surface area contributed by atoms with Crippen LogP contribution in [0.5, 0.6) is 5.88 Å². The van der Waals surface area contributed by atoms with Gasteiger partial charge in [0.1, 0.15) is 5.82 Å². The number of pyridine rings is 2. The Morgan fingerprint density at radius 1 is 1.26 bits per heavy atom. The van der Waals surface area contributed by atoms with Crippen molar-refractivity contribution in [2.75, 3.05) is 18.1 Å². The van der Waals surface area contributed by atoms with E-state index in [9.17, 15) is 13.2 Å². The molecule has 1 atom stereocenters. The lowest BCUT2D eigenvalue weighted by molar-refractivity contribution is 0.0981. The van der Waals surface area contributed by atoms with E-state index in [4.69, 9.17) is 4.74 Å². The van der Waals surface area contributed by atoms with Crippen molar-refractivity contribution in [3.05, 3.63) is 42.1 Å². The maximum absolute atomic E-state index is 13.0. The van der Waals surface area contributed by atoms with Gasteiger partial charge in [0.25, 0.3) is 15.9 Å². The molecule has 2 aliphatic rings. The fraction of sp³-hybridized carbons (Fsp3) is 0.500. The van der Waals surface area contributed by atoms with E-state index in [0.717, 1.165) is 25.8 Å². The number of nitrogens with zero attached hydrogens (tertiary/aromatic N) is 3. The molecule has 0 bridgehead atoms. The molecule has 2 aromatic rings. The first-order valence-electron chi connectivity index (χ1n) is 10.6. The summed E-state index contributed by atoms with van der Waals surface area (Å²) in [6.07, 6.45) is 4.81. The summed E-state index contributed by atoms with van der Waals surface area (Å²) in [6.45, 7) is 7.62. The van der Waals surface area contributed by atoms with E-state index >= 15 is 0 Å². The van der Waals surface area contributed by atoms with Gasteiger partial charge in [-0.05, 0) is 63.1 Å². The first-order valence-corrected chi connectivity index (χ1v) is 12.0. The average molecular weight is 445 g/mol. The fourth-order valence-electron chi connectivity index (χ4n) is 4.09. The van der Waals surface area contributed by atoms with Gasteiger partial charge in [-0.2, -0.15) is 13.4 Å². The van der Waals surface area contributed by atoms with E-state index < -0.39 is 15.9 Å². The van der Waals surface area contributed by atoms with E-state index in [1.54, 1.807) is 30.5 Å². The Morgan fingerprint density at radius 3 is 2.71 bits per heavy atom. The van der Waals surface area contributed by atoms with Crippen molar-refractivity contribution >= 4 is 21.7 Å². The van der Waals surface area contributed by atoms with Crippen molar-refractivity contribution in [2.45, 2.75) is 50.6 Å². The molecule has 1 saturated heterocycles. The van der Waals surface area contributed by atoms with Gasteiger partial charge < -0.3 is 9.64 Å². The molecule has 1 unspecified atom stereocenters. The quantitative estimate of drug-likeness (QED) is 0.700. The number of hydrogen-bond acceptors (Lipinski definition) is 7. The highest BCUT2D eigenvalue weighted by Gasteiger charge is 2.39. The second-order valence-electron chi connectivity index (χ2n) is 9.11. The van der Waals surface area contributed by atoms with Crippen LogP contribution in [0.1, 0.15) is 50.4 Å². The van der Waals surface area contributed by atoms with Gasteiger partial charge in [0.15, 0.2) is 5.03 Å². The number of anilines is 1. The topological polar surface area (TPSA) is 101 Å². The Balaban J connectivity index is 1.55. The van der Waals surface area contributed by atoms with Crippen LogP contribution in [0.15, 0.2) is 41.6 Å². The molecule has 1 saturated carbocycles. The summed E-state index contributed by atoms with van der Waals surface area (Å²) < 4.78 is 33.4. The molecule has 2 aromatic heterocycles. The summed E-state index contributed by atoms with van der Waals surface area (Å²) in [5.41, 5.74) is 0.0330. The Kier molecular flexibility index (Phi) is 5.63. The minimum Gasteiger partial charge on any atom is -0.477 e. The molecule has 1 amide bonds. The summed E-state index contributed by atoms with van der Waals surface area (Å²) in [5, 5.41) is -0.255. The van der Waals surface area contributed by atoms with Crippen molar-refractivity contribution in [1.29, 1.82) is 0 Å². The number of carbonyl (C=O) groups is 1. The monoisotopic (exact) mass is 444 g/mol. The van der Waals surface area contributed by atoms with Crippen molar-refractivity contribution in [1.82, 2.24) is 14.7 Å². The van der Waals surface area contributed by atoms with E-state index in [-0.39, 0.29) is 22.0 Å². The van der Waals surface area contributed by atoms with Crippen LogP contribution in [0.2, 0.25) is 0 Å². The highest BCUT2D eigenvalue weighted by atomic mass is 32.2. The molecular weight excluding hydrogens is 416 g/mol. The van der Waals surface area contributed by atoms with Crippen LogP contribution >= 0.6 is 0 Å². The lowest BCUT2D eigenvalue weighted by Gasteiger charge is -2.33. The van der Waals surface area contributed by atoms with E-state index in [1.807, 2.05) is 0 Å². The molecule has 0 radical (unpaired) electrons. The predicted molar refractivity (Wildman–Crippen MR) is 117 cm³/mol. The summed E-state index contributed by atoms with van der Waals surface area (Å²) in [4.78, 5) is 23.6. The molecule has 0 aromatic carbocycles. The lowest BCUT2D eigenvalue weighted by atomic mass is 9.97. The van der Waals surface area contributed by atoms with Gasteiger partial charge in [0.05, 0.1) is 12.2 Å². The number of carbonyl (C=O) groups excluding carboxylic acids is 1. The number of sulfonamides is 1. The zero-order chi connectivity index (χ0) is 22.2. The summed E-state index contributed by atoms with van der Waals surface area (Å²) >= 11 is 0. The zero-order valence-corrected chi connectivity index (χ0v) is 18.9. The van der Waals surface area contributed by atoms with Crippen LogP contribution in [0, 0.1) is 11.8 Å². The van der Waals surface area contributed by atoms with E-state index in [0.29, 0.717) is 24.3 Å². The number of rotatable bonds is 7. The minimum atomic E-state index is -4.17. The second-order valence-corrected chi connectivity index (χ2v) is 10.7. The maximum atomic E-state index is 13.0. The summed E-state index contributed by atoms with van der Waals surface area (Å²) in [5.74, 6) is 0.947.